The van der Waals surface area contributed by atoms with E-state index in [1.54, 1.807) is 32.0 Å². The predicted molar refractivity (Wildman–Crippen MR) is 59.8 cm³/mol. The van der Waals surface area contributed by atoms with Crippen molar-refractivity contribution >= 4 is 27.7 Å². The van der Waals surface area contributed by atoms with Crippen LogP contribution in [0.1, 0.15) is 19.4 Å². The summed E-state index contributed by atoms with van der Waals surface area (Å²) in [5.74, 6) is -2.21. The lowest BCUT2D eigenvalue weighted by atomic mass is 9.80. The van der Waals surface area contributed by atoms with E-state index in [2.05, 4.69) is 15.9 Å². The minimum absolute atomic E-state index is 0.685. The van der Waals surface area contributed by atoms with Crippen molar-refractivity contribution in [2.45, 2.75) is 19.3 Å². The quantitative estimate of drug-likeness (QED) is 0.859. The van der Waals surface area contributed by atoms with Crippen LogP contribution >= 0.6 is 15.9 Å². The van der Waals surface area contributed by atoms with Gasteiger partial charge in [-0.25, -0.2) is 4.79 Å². The van der Waals surface area contributed by atoms with Crippen LogP contribution in [0.4, 0.5) is 0 Å². The molecule has 4 heteroatoms. The molecular weight excluding hydrogens is 260 g/mol. The van der Waals surface area contributed by atoms with E-state index in [4.69, 9.17) is 5.11 Å². The topological polar surface area (TPSA) is 54.4 Å². The van der Waals surface area contributed by atoms with Gasteiger partial charge in [0.15, 0.2) is 0 Å². The van der Waals surface area contributed by atoms with E-state index in [1.807, 2.05) is 6.07 Å². The maximum Gasteiger partial charge on any atom is 0.373 e. The molecule has 0 radical (unpaired) electrons. The van der Waals surface area contributed by atoms with E-state index < -0.39 is 17.2 Å². The average molecular weight is 271 g/mol. The van der Waals surface area contributed by atoms with Crippen LogP contribution in [0.15, 0.2) is 28.7 Å². The Bertz CT molecular complexity index is 410. The Morgan fingerprint density at radius 1 is 1.33 bits per heavy atom. The second-order valence-electron chi connectivity index (χ2n) is 3.77. The zero-order valence-electron chi connectivity index (χ0n) is 8.45. The number of carboxylic acids is 1. The molecule has 0 fully saturated rings. The summed E-state index contributed by atoms with van der Waals surface area (Å²) < 4.78 is 0.825. The number of halogens is 1. The number of aliphatic carboxylic acids is 1. The van der Waals surface area contributed by atoms with Crippen LogP contribution in [0.2, 0.25) is 0 Å². The molecule has 1 rings (SSSR count). The van der Waals surface area contributed by atoms with Crippen LogP contribution in [-0.4, -0.2) is 16.9 Å². The van der Waals surface area contributed by atoms with Gasteiger partial charge in [-0.1, -0.05) is 28.1 Å². The number of hydrogen-bond acceptors (Lipinski definition) is 2. The SMILES string of the molecule is CC(C)(C(=O)C(=O)O)c1cccc(Br)c1. The van der Waals surface area contributed by atoms with Gasteiger partial charge < -0.3 is 5.11 Å². The van der Waals surface area contributed by atoms with Gasteiger partial charge in [-0.3, -0.25) is 4.79 Å². The summed E-state index contributed by atoms with van der Waals surface area (Å²) in [6.45, 7) is 3.20. The summed E-state index contributed by atoms with van der Waals surface area (Å²) in [5.41, 5.74) is -0.320. The zero-order chi connectivity index (χ0) is 11.6. The third kappa shape index (κ3) is 2.45. The molecule has 0 amide bonds. The summed E-state index contributed by atoms with van der Waals surface area (Å²) in [6, 6.07) is 7.09. The molecule has 0 bridgehead atoms. The summed E-state index contributed by atoms with van der Waals surface area (Å²) in [7, 11) is 0. The first kappa shape index (κ1) is 11.9. The minimum Gasteiger partial charge on any atom is -0.475 e. The Kier molecular flexibility index (Phi) is 3.29. The van der Waals surface area contributed by atoms with Crippen LogP contribution in [-0.2, 0) is 15.0 Å². The van der Waals surface area contributed by atoms with Crippen LogP contribution in [0, 0.1) is 0 Å². The molecule has 80 valence electrons. The van der Waals surface area contributed by atoms with Crippen molar-refractivity contribution in [2.24, 2.45) is 0 Å². The lowest BCUT2D eigenvalue weighted by Crippen LogP contribution is -2.34. The molecule has 0 saturated heterocycles. The second-order valence-corrected chi connectivity index (χ2v) is 4.69. The number of hydrogen-bond donors (Lipinski definition) is 1. The Morgan fingerprint density at radius 2 is 1.93 bits per heavy atom. The first-order chi connectivity index (χ1) is 6.85. The highest BCUT2D eigenvalue weighted by atomic mass is 79.9. The largest absolute Gasteiger partial charge is 0.475 e. The Balaban J connectivity index is 3.16. The van der Waals surface area contributed by atoms with Crippen LogP contribution < -0.4 is 0 Å². The number of benzene rings is 1. The van der Waals surface area contributed by atoms with Crippen molar-refractivity contribution in [3.63, 3.8) is 0 Å². The summed E-state index contributed by atoms with van der Waals surface area (Å²) in [6.07, 6.45) is 0. The van der Waals surface area contributed by atoms with E-state index in [1.165, 1.54) is 0 Å². The number of carboxylic acid groups (broad SMARTS) is 1. The van der Waals surface area contributed by atoms with Crippen LogP contribution in [0.3, 0.4) is 0 Å². The van der Waals surface area contributed by atoms with Gasteiger partial charge in [0, 0.05) is 4.47 Å². The van der Waals surface area contributed by atoms with Crippen molar-refractivity contribution in [3.05, 3.63) is 34.3 Å². The van der Waals surface area contributed by atoms with Crippen LogP contribution in [0.25, 0.3) is 0 Å². The van der Waals surface area contributed by atoms with Gasteiger partial charge in [0.05, 0.1) is 5.41 Å². The fraction of sp³-hybridized carbons (Fsp3) is 0.273. The highest BCUT2D eigenvalue weighted by Gasteiger charge is 2.34. The molecular formula is C11H11BrO3. The number of carbonyl (C=O) groups excluding carboxylic acids is 1. The predicted octanol–water partition coefficient (Wildman–Crippen LogP) is 2.38. The third-order valence-corrected chi connectivity index (χ3v) is 2.80. The molecule has 15 heavy (non-hydrogen) atoms. The molecule has 1 N–H and O–H groups in total. The first-order valence-corrected chi connectivity index (χ1v) is 5.19. The molecule has 1 aromatic rings. The molecule has 0 heterocycles. The molecule has 3 nitrogen and oxygen atoms in total. The number of carbonyl (C=O) groups is 2. The van der Waals surface area contributed by atoms with E-state index in [9.17, 15) is 9.59 Å². The van der Waals surface area contributed by atoms with Gasteiger partial charge in [-0.15, -0.1) is 0 Å². The highest BCUT2D eigenvalue weighted by molar-refractivity contribution is 9.10. The smallest absolute Gasteiger partial charge is 0.373 e. The molecule has 0 saturated carbocycles. The van der Waals surface area contributed by atoms with Crippen molar-refractivity contribution in [1.82, 2.24) is 0 Å². The van der Waals surface area contributed by atoms with E-state index in [-0.39, 0.29) is 0 Å². The molecule has 0 aliphatic rings. The zero-order valence-corrected chi connectivity index (χ0v) is 10.0. The highest BCUT2D eigenvalue weighted by Crippen LogP contribution is 2.26. The van der Waals surface area contributed by atoms with Crippen LogP contribution in [0.5, 0.6) is 0 Å². The summed E-state index contributed by atoms with van der Waals surface area (Å²) in [4.78, 5) is 22.1. The van der Waals surface area contributed by atoms with Crippen molar-refractivity contribution in [2.75, 3.05) is 0 Å². The number of ketones is 1. The molecule has 0 aromatic heterocycles. The Morgan fingerprint density at radius 3 is 2.40 bits per heavy atom. The summed E-state index contributed by atoms with van der Waals surface area (Å²) in [5, 5.41) is 8.69. The van der Waals surface area contributed by atoms with Gasteiger partial charge in [0.2, 0.25) is 5.78 Å². The van der Waals surface area contributed by atoms with Crippen molar-refractivity contribution < 1.29 is 14.7 Å². The van der Waals surface area contributed by atoms with E-state index in [0.717, 1.165) is 4.47 Å². The van der Waals surface area contributed by atoms with E-state index >= 15 is 0 Å². The second kappa shape index (κ2) is 4.14. The minimum atomic E-state index is -1.40. The molecule has 0 atom stereocenters. The van der Waals surface area contributed by atoms with E-state index in [0.29, 0.717) is 5.56 Å². The van der Waals surface area contributed by atoms with Crippen molar-refractivity contribution in [1.29, 1.82) is 0 Å². The maximum absolute atomic E-state index is 11.5. The fourth-order valence-corrected chi connectivity index (χ4v) is 1.67. The molecule has 0 aliphatic carbocycles. The lowest BCUT2D eigenvalue weighted by Gasteiger charge is -2.21. The normalized spacial score (nSPS) is 11.1. The molecule has 0 spiro atoms. The van der Waals surface area contributed by atoms with Gasteiger partial charge in [0.25, 0.3) is 0 Å². The molecule has 1 aromatic carbocycles. The van der Waals surface area contributed by atoms with Gasteiger partial charge in [-0.05, 0) is 31.5 Å². The average Bonchev–Trinajstić information content (AvgIpc) is 2.16. The van der Waals surface area contributed by atoms with Gasteiger partial charge in [-0.2, -0.15) is 0 Å². The monoisotopic (exact) mass is 270 g/mol. The lowest BCUT2D eigenvalue weighted by molar-refractivity contribution is -0.151. The Hall–Kier alpha value is -1.16. The molecule has 0 aliphatic heterocycles. The fourth-order valence-electron chi connectivity index (χ4n) is 1.28. The maximum atomic E-state index is 11.5. The van der Waals surface area contributed by atoms with Crippen molar-refractivity contribution in [3.8, 4) is 0 Å². The first-order valence-electron chi connectivity index (χ1n) is 4.39. The standard InChI is InChI=1S/C11H11BrO3/c1-11(2,9(13)10(14)15)7-4-3-5-8(12)6-7/h3-6H,1-2H3,(H,14,15). The summed E-state index contributed by atoms with van der Waals surface area (Å²) >= 11 is 3.28. The number of rotatable bonds is 3. The molecule has 0 unspecified atom stereocenters. The third-order valence-electron chi connectivity index (χ3n) is 2.31. The number of Topliss-reactive ketones (excluding diaryl/α,β-unsaturated/α-hetero) is 1. The van der Waals surface area contributed by atoms with Gasteiger partial charge >= 0.3 is 5.97 Å². The Labute approximate surface area is 96.2 Å². The van der Waals surface area contributed by atoms with Gasteiger partial charge in [0.1, 0.15) is 0 Å².